The van der Waals surface area contributed by atoms with E-state index < -0.39 is 0 Å². The van der Waals surface area contributed by atoms with Crippen LogP contribution in [0.15, 0.2) is 36.6 Å². The van der Waals surface area contributed by atoms with E-state index in [9.17, 15) is 0 Å². The number of ether oxygens (including phenoxy) is 2. The molecule has 0 spiro atoms. The first-order valence-electron chi connectivity index (χ1n) is 4.76. The van der Waals surface area contributed by atoms with Crippen LogP contribution in [0.2, 0.25) is 0 Å². The third kappa shape index (κ3) is 2.36. The van der Waals surface area contributed by atoms with E-state index >= 15 is 0 Å². The molecule has 1 aliphatic rings. The van der Waals surface area contributed by atoms with Crippen molar-refractivity contribution in [1.29, 1.82) is 5.26 Å². The van der Waals surface area contributed by atoms with E-state index in [2.05, 4.69) is 6.07 Å². The molecule has 0 aromatic heterocycles. The van der Waals surface area contributed by atoms with Crippen LogP contribution in [0.5, 0.6) is 0 Å². The van der Waals surface area contributed by atoms with Gasteiger partial charge in [-0.3, -0.25) is 0 Å². The maximum absolute atomic E-state index is 8.79. The summed E-state index contributed by atoms with van der Waals surface area (Å²) in [6.07, 6.45) is 3.60. The quantitative estimate of drug-likeness (QED) is 0.699. The Bertz CT molecular complexity index is 406. The molecule has 76 valence electrons. The lowest BCUT2D eigenvalue weighted by atomic mass is 9.98. The van der Waals surface area contributed by atoms with Gasteiger partial charge in [0.1, 0.15) is 0 Å². The summed E-state index contributed by atoms with van der Waals surface area (Å²) in [4.78, 5) is 0. The molecule has 3 heteroatoms. The summed E-state index contributed by atoms with van der Waals surface area (Å²) in [7, 11) is 0. The smallest absolute Gasteiger partial charge is 0.188 e. The Labute approximate surface area is 88.5 Å². The summed E-state index contributed by atoms with van der Waals surface area (Å²) in [5.74, 6) is 0.167. The molecule has 0 bridgehead atoms. The fourth-order valence-corrected chi connectivity index (χ4v) is 1.51. The Morgan fingerprint density at radius 3 is 3.20 bits per heavy atom. The third-order valence-corrected chi connectivity index (χ3v) is 2.30. The molecule has 1 unspecified atom stereocenters. The third-order valence-electron chi connectivity index (χ3n) is 2.30. The van der Waals surface area contributed by atoms with E-state index in [1.807, 2.05) is 24.3 Å². The van der Waals surface area contributed by atoms with Gasteiger partial charge in [0, 0.05) is 5.92 Å². The monoisotopic (exact) mass is 201 g/mol. The molecular weight excluding hydrogens is 190 g/mol. The van der Waals surface area contributed by atoms with E-state index in [1.54, 1.807) is 12.3 Å². The summed E-state index contributed by atoms with van der Waals surface area (Å²) in [5, 5.41) is 8.79. The lowest BCUT2D eigenvalue weighted by molar-refractivity contribution is -0.00474. The van der Waals surface area contributed by atoms with Gasteiger partial charge in [-0.15, -0.1) is 0 Å². The second kappa shape index (κ2) is 4.63. The van der Waals surface area contributed by atoms with Crippen LogP contribution in [0.25, 0.3) is 0 Å². The average Bonchev–Trinajstić information content (AvgIpc) is 2.58. The number of hydrogen-bond acceptors (Lipinski definition) is 3. The van der Waals surface area contributed by atoms with Gasteiger partial charge in [-0.25, -0.2) is 0 Å². The Kier molecular flexibility index (Phi) is 3.01. The van der Waals surface area contributed by atoms with Gasteiger partial charge in [0.05, 0.1) is 24.5 Å². The van der Waals surface area contributed by atoms with Crippen LogP contribution in [0, 0.1) is 11.3 Å². The normalized spacial score (nSPS) is 20.1. The summed E-state index contributed by atoms with van der Waals surface area (Å²) in [6, 6.07) is 9.67. The summed E-state index contributed by atoms with van der Waals surface area (Å²) in [6.45, 7) is 0.885. The van der Waals surface area contributed by atoms with E-state index in [4.69, 9.17) is 14.7 Å². The van der Waals surface area contributed by atoms with Crippen molar-refractivity contribution in [1.82, 2.24) is 0 Å². The number of hydrogen-bond donors (Lipinski definition) is 0. The van der Waals surface area contributed by atoms with E-state index in [0.29, 0.717) is 19.0 Å². The predicted molar refractivity (Wildman–Crippen MR) is 54.9 cm³/mol. The lowest BCUT2D eigenvalue weighted by Gasteiger charge is -2.10. The van der Waals surface area contributed by atoms with Gasteiger partial charge < -0.3 is 9.47 Å². The standard InChI is InChI=1S/C12H11NO2/c13-7-10-2-1-3-11(6-10)12-4-5-14-9-15-8-12/h1-6,12H,8-9H2. The first-order valence-corrected chi connectivity index (χ1v) is 4.76. The number of rotatable bonds is 1. The molecule has 0 amide bonds. The van der Waals surface area contributed by atoms with E-state index in [1.165, 1.54) is 0 Å². The number of benzene rings is 1. The molecule has 0 N–H and O–H groups in total. The zero-order valence-corrected chi connectivity index (χ0v) is 8.22. The second-order valence-corrected chi connectivity index (χ2v) is 3.33. The van der Waals surface area contributed by atoms with Gasteiger partial charge in [-0.1, -0.05) is 12.1 Å². The molecule has 3 nitrogen and oxygen atoms in total. The topological polar surface area (TPSA) is 42.2 Å². The molecule has 2 rings (SSSR count). The minimum absolute atomic E-state index is 0.167. The summed E-state index contributed by atoms with van der Waals surface area (Å²) < 4.78 is 10.3. The summed E-state index contributed by atoms with van der Waals surface area (Å²) >= 11 is 0. The molecule has 0 aliphatic carbocycles. The van der Waals surface area contributed by atoms with Gasteiger partial charge in [0.15, 0.2) is 6.79 Å². The molecule has 1 heterocycles. The highest BCUT2D eigenvalue weighted by molar-refractivity contribution is 5.35. The van der Waals surface area contributed by atoms with Crippen LogP contribution in [0.1, 0.15) is 17.0 Å². The highest BCUT2D eigenvalue weighted by Crippen LogP contribution is 2.20. The maximum atomic E-state index is 8.79. The Hall–Kier alpha value is -1.79. The SMILES string of the molecule is N#Cc1cccc(C2C=COCOC2)c1. The minimum atomic E-state index is 0.167. The maximum Gasteiger partial charge on any atom is 0.188 e. The highest BCUT2D eigenvalue weighted by atomic mass is 16.7. The molecule has 0 saturated carbocycles. The molecule has 0 radical (unpaired) electrons. The van der Waals surface area contributed by atoms with Gasteiger partial charge in [-0.05, 0) is 23.8 Å². The van der Waals surface area contributed by atoms with Crippen molar-refractivity contribution in [3.05, 3.63) is 47.7 Å². The van der Waals surface area contributed by atoms with Crippen molar-refractivity contribution in [2.75, 3.05) is 13.4 Å². The van der Waals surface area contributed by atoms with Gasteiger partial charge >= 0.3 is 0 Å². The largest absolute Gasteiger partial charge is 0.475 e. The second-order valence-electron chi connectivity index (χ2n) is 3.33. The molecular formula is C12H11NO2. The molecule has 1 atom stereocenters. The van der Waals surface area contributed by atoms with Crippen molar-refractivity contribution in [3.8, 4) is 6.07 Å². The first kappa shape index (κ1) is 9.75. The fraction of sp³-hybridized carbons (Fsp3) is 0.250. The number of nitrogens with zero attached hydrogens (tertiary/aromatic N) is 1. The zero-order valence-electron chi connectivity index (χ0n) is 8.22. The minimum Gasteiger partial charge on any atom is -0.475 e. The van der Waals surface area contributed by atoms with Crippen LogP contribution in [-0.2, 0) is 9.47 Å². The van der Waals surface area contributed by atoms with Crippen molar-refractivity contribution < 1.29 is 9.47 Å². The van der Waals surface area contributed by atoms with Crippen molar-refractivity contribution >= 4 is 0 Å². The van der Waals surface area contributed by atoms with Gasteiger partial charge in [0.2, 0.25) is 0 Å². The van der Waals surface area contributed by atoms with Crippen LogP contribution in [-0.4, -0.2) is 13.4 Å². The average molecular weight is 201 g/mol. The first-order chi connectivity index (χ1) is 7.40. The lowest BCUT2D eigenvalue weighted by Crippen LogP contribution is -2.04. The van der Waals surface area contributed by atoms with Crippen LogP contribution < -0.4 is 0 Å². The van der Waals surface area contributed by atoms with Crippen LogP contribution in [0.3, 0.4) is 0 Å². The molecule has 0 fully saturated rings. The van der Waals surface area contributed by atoms with Gasteiger partial charge in [-0.2, -0.15) is 5.26 Å². The molecule has 0 saturated heterocycles. The fourth-order valence-electron chi connectivity index (χ4n) is 1.51. The zero-order chi connectivity index (χ0) is 10.5. The Balaban J connectivity index is 2.24. The molecule has 15 heavy (non-hydrogen) atoms. The Morgan fingerprint density at radius 1 is 1.40 bits per heavy atom. The van der Waals surface area contributed by atoms with Crippen molar-refractivity contribution in [2.45, 2.75) is 5.92 Å². The van der Waals surface area contributed by atoms with Crippen LogP contribution in [0.4, 0.5) is 0 Å². The van der Waals surface area contributed by atoms with Gasteiger partial charge in [0.25, 0.3) is 0 Å². The molecule has 1 aromatic rings. The van der Waals surface area contributed by atoms with E-state index in [-0.39, 0.29) is 5.92 Å². The van der Waals surface area contributed by atoms with Crippen LogP contribution >= 0.6 is 0 Å². The van der Waals surface area contributed by atoms with E-state index in [0.717, 1.165) is 5.56 Å². The predicted octanol–water partition coefficient (Wildman–Crippen LogP) is 2.16. The summed E-state index contributed by atoms with van der Waals surface area (Å²) in [5.41, 5.74) is 1.75. The molecule has 1 aromatic carbocycles. The van der Waals surface area contributed by atoms with Crippen molar-refractivity contribution in [2.24, 2.45) is 0 Å². The number of nitriles is 1. The Morgan fingerprint density at radius 2 is 2.33 bits per heavy atom. The van der Waals surface area contributed by atoms with Crippen molar-refractivity contribution in [3.63, 3.8) is 0 Å². The highest BCUT2D eigenvalue weighted by Gasteiger charge is 2.11. The molecule has 1 aliphatic heterocycles.